The minimum Gasteiger partial charge on any atom is -0.481 e. The Morgan fingerprint density at radius 3 is 2.58 bits per heavy atom. The highest BCUT2D eigenvalue weighted by Gasteiger charge is 2.35. The van der Waals surface area contributed by atoms with Crippen LogP contribution >= 0.6 is 0 Å². The van der Waals surface area contributed by atoms with Crippen LogP contribution in [0.5, 0.6) is 11.8 Å². The highest BCUT2D eigenvalue weighted by atomic mass is 19.1. The van der Waals surface area contributed by atoms with E-state index in [1.165, 1.54) is 7.11 Å². The summed E-state index contributed by atoms with van der Waals surface area (Å²) >= 11 is 0. The second-order valence-corrected chi connectivity index (χ2v) is 5.69. The number of halogens is 1. The zero-order valence-electron chi connectivity index (χ0n) is 13.4. The van der Waals surface area contributed by atoms with E-state index in [1.807, 2.05) is 6.07 Å². The molecule has 0 saturated heterocycles. The van der Waals surface area contributed by atoms with Crippen molar-refractivity contribution in [3.63, 3.8) is 0 Å². The zero-order valence-corrected chi connectivity index (χ0v) is 13.4. The fourth-order valence-corrected chi connectivity index (χ4v) is 2.78. The van der Waals surface area contributed by atoms with Crippen LogP contribution < -0.4 is 14.8 Å². The largest absolute Gasteiger partial charge is 0.481 e. The number of hydrogen-bond donors (Lipinski definition) is 2. The monoisotopic (exact) mass is 334 g/mol. The van der Waals surface area contributed by atoms with Gasteiger partial charge in [-0.15, -0.1) is 0 Å². The average Bonchev–Trinajstić information content (AvgIpc) is 2.58. The van der Waals surface area contributed by atoms with E-state index in [9.17, 15) is 9.50 Å². The maximum Gasteiger partial charge on any atom is 0.255 e. The van der Waals surface area contributed by atoms with Gasteiger partial charge in [-0.05, 0) is 24.3 Å². The van der Waals surface area contributed by atoms with Gasteiger partial charge in [0.05, 0.1) is 32.6 Å². The van der Waals surface area contributed by atoms with Gasteiger partial charge < -0.3 is 19.9 Å². The SMILES string of the molecule is COc1ccc([C@H](Nc2ncc(F)c(OC)n2)C2CC(O)C2)cn1. The molecule has 24 heavy (non-hydrogen) atoms. The first-order chi connectivity index (χ1) is 11.6. The smallest absolute Gasteiger partial charge is 0.255 e. The van der Waals surface area contributed by atoms with Crippen molar-refractivity contribution in [3.05, 3.63) is 35.9 Å². The summed E-state index contributed by atoms with van der Waals surface area (Å²) in [7, 11) is 2.90. The fraction of sp³-hybridized carbons (Fsp3) is 0.438. The van der Waals surface area contributed by atoms with Gasteiger partial charge in [-0.3, -0.25) is 0 Å². The van der Waals surface area contributed by atoms with Crippen molar-refractivity contribution in [1.82, 2.24) is 15.0 Å². The Morgan fingerprint density at radius 1 is 1.21 bits per heavy atom. The maximum atomic E-state index is 13.5. The van der Waals surface area contributed by atoms with E-state index in [-0.39, 0.29) is 29.9 Å². The quantitative estimate of drug-likeness (QED) is 0.834. The topological polar surface area (TPSA) is 89.4 Å². The number of rotatable bonds is 6. The van der Waals surface area contributed by atoms with E-state index in [4.69, 9.17) is 9.47 Å². The predicted molar refractivity (Wildman–Crippen MR) is 84.4 cm³/mol. The summed E-state index contributed by atoms with van der Waals surface area (Å²) in [5.41, 5.74) is 0.916. The summed E-state index contributed by atoms with van der Waals surface area (Å²) < 4.78 is 23.4. The van der Waals surface area contributed by atoms with Crippen LogP contribution in [0.2, 0.25) is 0 Å². The van der Waals surface area contributed by atoms with Crippen molar-refractivity contribution in [2.75, 3.05) is 19.5 Å². The van der Waals surface area contributed by atoms with Gasteiger partial charge in [0.25, 0.3) is 5.88 Å². The highest BCUT2D eigenvalue weighted by Crippen LogP contribution is 2.39. The van der Waals surface area contributed by atoms with E-state index >= 15 is 0 Å². The summed E-state index contributed by atoms with van der Waals surface area (Å²) in [6, 6.07) is 3.52. The average molecular weight is 334 g/mol. The van der Waals surface area contributed by atoms with Gasteiger partial charge in [0, 0.05) is 12.3 Å². The lowest BCUT2D eigenvalue weighted by Crippen LogP contribution is -2.36. The Kier molecular flexibility index (Phi) is 4.75. The molecule has 0 spiro atoms. The maximum absolute atomic E-state index is 13.5. The summed E-state index contributed by atoms with van der Waals surface area (Å²) in [5.74, 6) is 0.244. The third-order valence-electron chi connectivity index (χ3n) is 4.14. The Balaban J connectivity index is 1.84. The summed E-state index contributed by atoms with van der Waals surface area (Å²) in [5, 5.41) is 12.8. The number of methoxy groups -OCH3 is 2. The minimum atomic E-state index is -0.621. The van der Waals surface area contributed by atoms with Crippen LogP contribution in [-0.2, 0) is 0 Å². The molecule has 2 N–H and O–H groups in total. The number of pyridine rings is 1. The van der Waals surface area contributed by atoms with E-state index < -0.39 is 5.82 Å². The summed E-state index contributed by atoms with van der Waals surface area (Å²) in [6.45, 7) is 0. The van der Waals surface area contributed by atoms with Crippen molar-refractivity contribution in [2.24, 2.45) is 5.92 Å². The molecular weight excluding hydrogens is 315 g/mol. The van der Waals surface area contributed by atoms with Gasteiger partial charge in [-0.1, -0.05) is 6.07 Å². The number of ether oxygens (including phenoxy) is 2. The van der Waals surface area contributed by atoms with Crippen molar-refractivity contribution in [1.29, 1.82) is 0 Å². The van der Waals surface area contributed by atoms with Crippen LogP contribution in [0.3, 0.4) is 0 Å². The number of hydrogen-bond acceptors (Lipinski definition) is 7. The van der Waals surface area contributed by atoms with Gasteiger partial charge in [-0.25, -0.2) is 9.97 Å². The Bertz CT molecular complexity index is 692. The molecule has 128 valence electrons. The van der Waals surface area contributed by atoms with Gasteiger partial charge in [0.15, 0.2) is 0 Å². The number of anilines is 1. The third kappa shape index (κ3) is 3.38. The van der Waals surface area contributed by atoms with Gasteiger partial charge in [0.1, 0.15) is 0 Å². The molecule has 2 aromatic rings. The van der Waals surface area contributed by atoms with E-state index in [0.29, 0.717) is 18.7 Å². The second kappa shape index (κ2) is 6.96. The number of aromatic nitrogens is 3. The summed E-state index contributed by atoms with van der Waals surface area (Å²) in [4.78, 5) is 12.2. The molecular formula is C16H19FN4O3. The molecule has 8 heteroatoms. The van der Waals surface area contributed by atoms with Gasteiger partial charge in [0.2, 0.25) is 17.6 Å². The molecule has 2 aromatic heterocycles. The lowest BCUT2D eigenvalue weighted by molar-refractivity contribution is 0.0338. The molecule has 0 amide bonds. The van der Waals surface area contributed by atoms with Crippen molar-refractivity contribution in [3.8, 4) is 11.8 Å². The highest BCUT2D eigenvalue weighted by molar-refractivity contribution is 5.35. The molecule has 1 fully saturated rings. The predicted octanol–water partition coefficient (Wildman–Crippen LogP) is 1.95. The van der Waals surface area contributed by atoms with Crippen molar-refractivity contribution < 1.29 is 19.0 Å². The molecule has 0 unspecified atom stereocenters. The Labute approximate surface area is 138 Å². The van der Waals surface area contributed by atoms with Crippen molar-refractivity contribution >= 4 is 5.95 Å². The van der Waals surface area contributed by atoms with Crippen LogP contribution in [0.4, 0.5) is 10.3 Å². The molecule has 0 aliphatic heterocycles. The number of nitrogens with one attached hydrogen (secondary N) is 1. The zero-order chi connectivity index (χ0) is 17.1. The number of nitrogens with zero attached hydrogens (tertiary/aromatic N) is 3. The van der Waals surface area contributed by atoms with Gasteiger partial charge >= 0.3 is 0 Å². The molecule has 7 nitrogen and oxygen atoms in total. The van der Waals surface area contributed by atoms with E-state index in [2.05, 4.69) is 20.3 Å². The molecule has 1 saturated carbocycles. The normalized spacial score (nSPS) is 20.8. The molecule has 1 aliphatic carbocycles. The summed E-state index contributed by atoms with van der Waals surface area (Å²) in [6.07, 6.45) is 3.81. The molecule has 2 heterocycles. The molecule has 0 bridgehead atoms. The number of aliphatic hydroxyl groups is 1. The molecule has 1 aliphatic rings. The van der Waals surface area contributed by atoms with Crippen molar-refractivity contribution in [2.45, 2.75) is 25.0 Å². The minimum absolute atomic E-state index is 0.118. The lowest BCUT2D eigenvalue weighted by atomic mass is 9.75. The Morgan fingerprint density at radius 2 is 2.00 bits per heavy atom. The number of aliphatic hydroxyl groups excluding tert-OH is 1. The molecule has 3 rings (SSSR count). The second-order valence-electron chi connectivity index (χ2n) is 5.69. The van der Waals surface area contributed by atoms with Crippen LogP contribution in [-0.4, -0.2) is 40.4 Å². The van der Waals surface area contributed by atoms with Crippen LogP contribution in [0.15, 0.2) is 24.5 Å². The van der Waals surface area contributed by atoms with E-state index in [1.54, 1.807) is 19.4 Å². The fourth-order valence-electron chi connectivity index (χ4n) is 2.78. The molecule has 1 atom stereocenters. The Hall–Kier alpha value is -2.48. The van der Waals surface area contributed by atoms with Crippen LogP contribution in [0, 0.1) is 11.7 Å². The van der Waals surface area contributed by atoms with Crippen LogP contribution in [0.25, 0.3) is 0 Å². The third-order valence-corrected chi connectivity index (χ3v) is 4.14. The van der Waals surface area contributed by atoms with Crippen LogP contribution in [0.1, 0.15) is 24.4 Å². The standard InChI is InChI=1S/C16H19FN4O3/c1-23-13-4-3-9(7-18-13)14(10-5-11(22)6-10)20-16-19-8-12(17)15(21-16)24-2/h3-4,7-8,10-11,14,22H,5-6H2,1-2H3,(H,19,20,21)/t10?,11?,14-/m0/s1. The molecule has 0 radical (unpaired) electrons. The first kappa shape index (κ1) is 16.4. The molecule has 0 aromatic carbocycles. The lowest BCUT2D eigenvalue weighted by Gasteiger charge is -2.38. The first-order valence-corrected chi connectivity index (χ1v) is 7.61. The van der Waals surface area contributed by atoms with E-state index in [0.717, 1.165) is 11.8 Å². The first-order valence-electron chi connectivity index (χ1n) is 7.61. The van der Waals surface area contributed by atoms with Gasteiger partial charge in [-0.2, -0.15) is 9.37 Å².